The molecule has 1 heterocycles. The van der Waals surface area contributed by atoms with Gasteiger partial charge in [-0.3, -0.25) is 4.90 Å². The number of rotatable bonds is 6. The SMILES string of the molecule is CCC(C1CC1)N(CC1CCNCC1)C1CC1. The molecule has 0 radical (unpaired) electrons. The lowest BCUT2D eigenvalue weighted by atomic mass is 9.95. The Morgan fingerprint density at radius 3 is 2.29 bits per heavy atom. The molecule has 1 aliphatic heterocycles. The summed E-state index contributed by atoms with van der Waals surface area (Å²) in [6, 6.07) is 1.90. The molecule has 3 fully saturated rings. The fraction of sp³-hybridized carbons (Fsp3) is 1.00. The van der Waals surface area contributed by atoms with Crippen LogP contribution in [-0.4, -0.2) is 36.6 Å². The lowest BCUT2D eigenvalue weighted by Crippen LogP contribution is -2.43. The Kier molecular flexibility index (Phi) is 3.72. The zero-order chi connectivity index (χ0) is 11.7. The lowest BCUT2D eigenvalue weighted by Gasteiger charge is -2.36. The molecular weight excluding hydrogens is 208 g/mol. The van der Waals surface area contributed by atoms with Gasteiger partial charge < -0.3 is 5.32 Å². The minimum absolute atomic E-state index is 0.928. The van der Waals surface area contributed by atoms with Crippen molar-refractivity contribution in [3.05, 3.63) is 0 Å². The first-order valence-corrected chi connectivity index (χ1v) is 7.85. The Morgan fingerprint density at radius 1 is 1.06 bits per heavy atom. The highest BCUT2D eigenvalue weighted by Crippen LogP contribution is 2.41. The topological polar surface area (TPSA) is 15.3 Å². The summed E-state index contributed by atoms with van der Waals surface area (Å²) < 4.78 is 0. The van der Waals surface area contributed by atoms with Crippen molar-refractivity contribution in [1.82, 2.24) is 10.2 Å². The van der Waals surface area contributed by atoms with Gasteiger partial charge in [0.15, 0.2) is 0 Å². The summed E-state index contributed by atoms with van der Waals surface area (Å²) in [4.78, 5) is 2.92. The molecule has 0 aromatic heterocycles. The molecule has 1 saturated heterocycles. The molecule has 17 heavy (non-hydrogen) atoms. The highest BCUT2D eigenvalue weighted by atomic mass is 15.2. The number of hydrogen-bond donors (Lipinski definition) is 1. The zero-order valence-electron chi connectivity index (χ0n) is 11.3. The van der Waals surface area contributed by atoms with E-state index in [0.717, 1.165) is 23.9 Å². The maximum absolute atomic E-state index is 3.49. The van der Waals surface area contributed by atoms with E-state index in [0.29, 0.717) is 0 Å². The van der Waals surface area contributed by atoms with Gasteiger partial charge in [-0.25, -0.2) is 0 Å². The average molecular weight is 236 g/mol. The van der Waals surface area contributed by atoms with Gasteiger partial charge in [0.1, 0.15) is 0 Å². The first-order chi connectivity index (χ1) is 8.38. The van der Waals surface area contributed by atoms with Crippen molar-refractivity contribution >= 4 is 0 Å². The standard InChI is InChI=1S/C15H28N2/c1-2-15(13-3-4-13)17(14-5-6-14)11-12-7-9-16-10-8-12/h12-16H,2-11H2,1H3. The molecule has 1 unspecified atom stereocenters. The minimum Gasteiger partial charge on any atom is -0.317 e. The van der Waals surface area contributed by atoms with Crippen LogP contribution in [0.15, 0.2) is 0 Å². The second-order valence-electron chi connectivity index (χ2n) is 6.43. The largest absolute Gasteiger partial charge is 0.317 e. The number of nitrogens with one attached hydrogen (secondary N) is 1. The molecule has 2 nitrogen and oxygen atoms in total. The molecule has 98 valence electrons. The van der Waals surface area contributed by atoms with Gasteiger partial charge >= 0.3 is 0 Å². The van der Waals surface area contributed by atoms with Crippen LogP contribution in [0.2, 0.25) is 0 Å². The molecule has 3 rings (SSSR count). The highest BCUT2D eigenvalue weighted by molar-refractivity contribution is 4.95. The fourth-order valence-electron chi connectivity index (χ4n) is 3.64. The van der Waals surface area contributed by atoms with Gasteiger partial charge in [-0.15, -0.1) is 0 Å². The monoisotopic (exact) mass is 236 g/mol. The van der Waals surface area contributed by atoms with Gasteiger partial charge in [-0.2, -0.15) is 0 Å². The third-order valence-corrected chi connectivity index (χ3v) is 4.95. The van der Waals surface area contributed by atoms with Gasteiger partial charge in [0.05, 0.1) is 0 Å². The van der Waals surface area contributed by atoms with Crippen molar-refractivity contribution in [1.29, 1.82) is 0 Å². The Labute approximate surface area is 106 Å². The van der Waals surface area contributed by atoms with Crippen LogP contribution >= 0.6 is 0 Å². The van der Waals surface area contributed by atoms with Crippen molar-refractivity contribution in [3.63, 3.8) is 0 Å². The predicted molar refractivity (Wildman–Crippen MR) is 72.1 cm³/mol. The summed E-state index contributed by atoms with van der Waals surface area (Å²) in [5.41, 5.74) is 0. The second kappa shape index (κ2) is 5.27. The maximum Gasteiger partial charge on any atom is 0.0124 e. The molecule has 0 spiro atoms. The molecule has 1 N–H and O–H groups in total. The van der Waals surface area contributed by atoms with Crippen molar-refractivity contribution in [2.75, 3.05) is 19.6 Å². The van der Waals surface area contributed by atoms with E-state index in [4.69, 9.17) is 0 Å². The van der Waals surface area contributed by atoms with Crippen molar-refractivity contribution in [2.45, 2.75) is 64.0 Å². The average Bonchev–Trinajstić information content (AvgIpc) is 3.22. The Bertz CT molecular complexity index is 239. The molecule has 0 amide bonds. The van der Waals surface area contributed by atoms with E-state index >= 15 is 0 Å². The highest BCUT2D eigenvalue weighted by Gasteiger charge is 2.41. The van der Waals surface area contributed by atoms with E-state index in [-0.39, 0.29) is 0 Å². The van der Waals surface area contributed by atoms with Gasteiger partial charge in [-0.05, 0) is 69.9 Å². The van der Waals surface area contributed by atoms with Gasteiger partial charge in [0.2, 0.25) is 0 Å². The van der Waals surface area contributed by atoms with E-state index in [9.17, 15) is 0 Å². The maximum atomic E-state index is 3.49. The Hall–Kier alpha value is -0.0800. The molecule has 3 aliphatic rings. The van der Waals surface area contributed by atoms with Crippen molar-refractivity contribution in [3.8, 4) is 0 Å². The van der Waals surface area contributed by atoms with Crippen LogP contribution in [0.3, 0.4) is 0 Å². The molecular formula is C15H28N2. The molecule has 2 aliphatic carbocycles. The van der Waals surface area contributed by atoms with Crippen molar-refractivity contribution < 1.29 is 0 Å². The van der Waals surface area contributed by atoms with E-state index in [1.165, 1.54) is 64.6 Å². The Balaban J connectivity index is 1.58. The summed E-state index contributed by atoms with van der Waals surface area (Å²) >= 11 is 0. The van der Waals surface area contributed by atoms with Crippen LogP contribution in [0, 0.1) is 11.8 Å². The van der Waals surface area contributed by atoms with E-state index in [1.807, 2.05) is 0 Å². The van der Waals surface area contributed by atoms with Crippen LogP contribution in [-0.2, 0) is 0 Å². The zero-order valence-corrected chi connectivity index (χ0v) is 11.3. The third-order valence-electron chi connectivity index (χ3n) is 4.95. The normalized spacial score (nSPS) is 28.6. The summed E-state index contributed by atoms with van der Waals surface area (Å²) in [5.74, 6) is 2.03. The molecule has 1 atom stereocenters. The van der Waals surface area contributed by atoms with Gasteiger partial charge in [0, 0.05) is 18.6 Å². The molecule has 0 aromatic carbocycles. The first kappa shape index (κ1) is 12.0. The van der Waals surface area contributed by atoms with Gasteiger partial charge in [-0.1, -0.05) is 6.92 Å². The third kappa shape index (κ3) is 3.03. The number of nitrogens with zero attached hydrogens (tertiary/aromatic N) is 1. The summed E-state index contributed by atoms with van der Waals surface area (Å²) in [6.07, 6.45) is 10.2. The van der Waals surface area contributed by atoms with Crippen LogP contribution in [0.5, 0.6) is 0 Å². The smallest absolute Gasteiger partial charge is 0.0124 e. The quantitative estimate of drug-likeness (QED) is 0.763. The molecule has 0 aromatic rings. The second-order valence-corrected chi connectivity index (χ2v) is 6.43. The van der Waals surface area contributed by atoms with Crippen LogP contribution in [0.25, 0.3) is 0 Å². The van der Waals surface area contributed by atoms with E-state index < -0.39 is 0 Å². The summed E-state index contributed by atoms with van der Waals surface area (Å²) in [5, 5.41) is 3.49. The number of piperidine rings is 1. The summed E-state index contributed by atoms with van der Waals surface area (Å²) in [6.45, 7) is 6.31. The van der Waals surface area contributed by atoms with Crippen molar-refractivity contribution in [2.24, 2.45) is 11.8 Å². The molecule has 0 bridgehead atoms. The first-order valence-electron chi connectivity index (χ1n) is 7.85. The minimum atomic E-state index is 0.928. The predicted octanol–water partition coefficient (Wildman–Crippen LogP) is 2.64. The van der Waals surface area contributed by atoms with Gasteiger partial charge in [0.25, 0.3) is 0 Å². The van der Waals surface area contributed by atoms with Crippen LogP contribution in [0.4, 0.5) is 0 Å². The number of hydrogen-bond acceptors (Lipinski definition) is 2. The van der Waals surface area contributed by atoms with Crippen LogP contribution < -0.4 is 5.32 Å². The Morgan fingerprint density at radius 2 is 1.76 bits per heavy atom. The lowest BCUT2D eigenvalue weighted by molar-refractivity contribution is 0.124. The molecule has 2 heteroatoms. The molecule has 2 saturated carbocycles. The van der Waals surface area contributed by atoms with E-state index in [1.54, 1.807) is 0 Å². The summed E-state index contributed by atoms with van der Waals surface area (Å²) in [7, 11) is 0. The van der Waals surface area contributed by atoms with Crippen LogP contribution in [0.1, 0.15) is 51.9 Å². The van der Waals surface area contributed by atoms with E-state index in [2.05, 4.69) is 17.1 Å². The fourth-order valence-corrected chi connectivity index (χ4v) is 3.64.